The molecule has 10 heteroatoms. The Morgan fingerprint density at radius 1 is 1.30 bits per heavy atom. The molecule has 0 saturated heterocycles. The zero-order chi connectivity index (χ0) is 17.2. The van der Waals surface area contributed by atoms with Crippen LogP contribution in [0, 0.1) is 6.92 Å². The molecule has 1 aromatic heterocycles. The fourth-order valence-electron chi connectivity index (χ4n) is 1.68. The molecule has 0 saturated carbocycles. The summed E-state index contributed by atoms with van der Waals surface area (Å²) in [5.74, 6) is -2.76. The number of rotatable bonds is 4. The Morgan fingerprint density at radius 3 is 2.52 bits per heavy atom. The molecule has 2 aromatic rings. The molecule has 0 aliphatic rings. The molecule has 0 aliphatic heterocycles. The lowest BCUT2D eigenvalue weighted by atomic mass is 10.2. The Balaban J connectivity index is 2.25. The molecule has 1 amide bonds. The second-order valence-corrected chi connectivity index (χ2v) is 5.24. The first-order valence-electron chi connectivity index (χ1n) is 6.04. The first-order valence-corrected chi connectivity index (χ1v) is 6.86. The van der Waals surface area contributed by atoms with E-state index in [4.69, 9.17) is 5.11 Å². The zero-order valence-electron chi connectivity index (χ0n) is 11.5. The van der Waals surface area contributed by atoms with Crippen LogP contribution in [0.3, 0.4) is 0 Å². The van der Waals surface area contributed by atoms with Gasteiger partial charge in [0.25, 0.3) is 5.91 Å². The number of hydrogen-bond acceptors (Lipinski definition) is 5. The highest BCUT2D eigenvalue weighted by molar-refractivity contribution is 7.17. The van der Waals surface area contributed by atoms with E-state index in [0.717, 1.165) is 12.1 Å². The fraction of sp³-hybridized carbons (Fsp3) is 0.154. The minimum Gasteiger partial charge on any atom is -0.477 e. The van der Waals surface area contributed by atoms with Gasteiger partial charge in [0.2, 0.25) is 0 Å². The van der Waals surface area contributed by atoms with Crippen molar-refractivity contribution in [3.63, 3.8) is 0 Å². The Bertz CT molecular complexity index is 758. The highest BCUT2D eigenvalue weighted by Gasteiger charge is 2.33. The highest BCUT2D eigenvalue weighted by Crippen LogP contribution is 2.28. The average Bonchev–Trinajstić information content (AvgIpc) is 2.78. The summed E-state index contributed by atoms with van der Waals surface area (Å²) in [5.41, 5.74) is -0.160. The molecule has 0 bridgehead atoms. The molecule has 23 heavy (non-hydrogen) atoms. The minimum atomic E-state index is -4.94. The van der Waals surface area contributed by atoms with Crippen molar-refractivity contribution in [1.82, 2.24) is 4.98 Å². The number of para-hydroxylation sites is 1. The van der Waals surface area contributed by atoms with Crippen molar-refractivity contribution in [1.29, 1.82) is 0 Å². The highest BCUT2D eigenvalue weighted by atomic mass is 32.1. The Labute approximate surface area is 131 Å². The van der Waals surface area contributed by atoms with Crippen molar-refractivity contribution in [3.05, 3.63) is 40.4 Å². The second-order valence-electron chi connectivity index (χ2n) is 4.24. The van der Waals surface area contributed by atoms with Gasteiger partial charge in [0.15, 0.2) is 5.13 Å². The molecule has 0 spiro atoms. The van der Waals surface area contributed by atoms with Crippen LogP contribution in [-0.4, -0.2) is 28.3 Å². The smallest absolute Gasteiger partial charge is 0.477 e. The standard InChI is InChI=1S/C13H9F3N2O4S/c1-6-9(11(20)21)23-12(17-6)18-10(19)7-4-2-3-5-8(7)22-13(14,15)16/h2-5H,1H3,(H,20,21)(H,17,18,19). The van der Waals surface area contributed by atoms with Crippen LogP contribution in [0.2, 0.25) is 0 Å². The van der Waals surface area contributed by atoms with Gasteiger partial charge in [-0.05, 0) is 19.1 Å². The molecule has 0 unspecified atom stereocenters. The monoisotopic (exact) mass is 346 g/mol. The number of nitrogens with zero attached hydrogens (tertiary/aromatic N) is 1. The van der Waals surface area contributed by atoms with Gasteiger partial charge in [0.05, 0.1) is 11.3 Å². The lowest BCUT2D eigenvalue weighted by Gasteiger charge is -2.12. The number of hydrogen-bond donors (Lipinski definition) is 2. The molecule has 1 heterocycles. The summed E-state index contributed by atoms with van der Waals surface area (Å²) in [7, 11) is 0. The predicted molar refractivity (Wildman–Crippen MR) is 74.9 cm³/mol. The first-order chi connectivity index (χ1) is 10.7. The Kier molecular flexibility index (Phi) is 4.55. The maximum Gasteiger partial charge on any atom is 0.573 e. The normalized spacial score (nSPS) is 11.1. The summed E-state index contributed by atoms with van der Waals surface area (Å²) in [5, 5.41) is 11.1. The molecule has 1 aromatic carbocycles. The van der Waals surface area contributed by atoms with Crippen LogP contribution >= 0.6 is 11.3 Å². The van der Waals surface area contributed by atoms with Gasteiger partial charge in [-0.1, -0.05) is 23.5 Å². The Hall–Kier alpha value is -2.62. The summed E-state index contributed by atoms with van der Waals surface area (Å²) in [4.78, 5) is 26.8. The van der Waals surface area contributed by atoms with Crippen molar-refractivity contribution in [3.8, 4) is 5.75 Å². The van der Waals surface area contributed by atoms with E-state index in [9.17, 15) is 22.8 Å². The van der Waals surface area contributed by atoms with Crippen molar-refractivity contribution >= 4 is 28.3 Å². The van der Waals surface area contributed by atoms with Crippen LogP contribution in [0.1, 0.15) is 25.7 Å². The van der Waals surface area contributed by atoms with Gasteiger partial charge < -0.3 is 9.84 Å². The molecule has 2 N–H and O–H groups in total. The summed E-state index contributed by atoms with van der Waals surface area (Å²) in [6.07, 6.45) is -4.94. The van der Waals surface area contributed by atoms with Gasteiger partial charge in [-0.25, -0.2) is 9.78 Å². The molecular formula is C13H9F3N2O4S. The first kappa shape index (κ1) is 16.7. The van der Waals surface area contributed by atoms with Gasteiger partial charge in [-0.3, -0.25) is 10.1 Å². The van der Waals surface area contributed by atoms with E-state index in [0.29, 0.717) is 11.3 Å². The minimum absolute atomic E-state index is 0.0355. The average molecular weight is 346 g/mol. The number of aromatic nitrogens is 1. The maximum absolute atomic E-state index is 12.3. The molecule has 0 aliphatic carbocycles. The maximum atomic E-state index is 12.3. The van der Waals surface area contributed by atoms with Crippen molar-refractivity contribution in [2.45, 2.75) is 13.3 Å². The van der Waals surface area contributed by atoms with Gasteiger partial charge in [0.1, 0.15) is 10.6 Å². The molecule has 0 radical (unpaired) electrons. The van der Waals surface area contributed by atoms with E-state index in [1.54, 1.807) is 0 Å². The third-order valence-electron chi connectivity index (χ3n) is 2.57. The molecule has 0 fully saturated rings. The van der Waals surface area contributed by atoms with E-state index in [-0.39, 0.29) is 21.3 Å². The number of carboxylic acids is 1. The van der Waals surface area contributed by atoms with E-state index in [1.807, 2.05) is 0 Å². The van der Waals surface area contributed by atoms with E-state index in [2.05, 4.69) is 15.0 Å². The number of thiazole rings is 1. The van der Waals surface area contributed by atoms with Gasteiger partial charge in [-0.15, -0.1) is 13.2 Å². The number of aryl methyl sites for hydroxylation is 1. The summed E-state index contributed by atoms with van der Waals surface area (Å²) in [6, 6.07) is 4.80. The molecule has 2 rings (SSSR count). The van der Waals surface area contributed by atoms with Gasteiger partial charge in [0, 0.05) is 0 Å². The van der Waals surface area contributed by atoms with Gasteiger partial charge >= 0.3 is 12.3 Å². The molecule has 122 valence electrons. The van der Waals surface area contributed by atoms with E-state index < -0.39 is 24.0 Å². The summed E-state index contributed by atoms with van der Waals surface area (Å²) >= 11 is 0.704. The molecule has 6 nitrogen and oxygen atoms in total. The zero-order valence-corrected chi connectivity index (χ0v) is 12.3. The van der Waals surface area contributed by atoms with E-state index in [1.165, 1.54) is 19.1 Å². The topological polar surface area (TPSA) is 88.5 Å². The van der Waals surface area contributed by atoms with E-state index >= 15 is 0 Å². The predicted octanol–water partition coefficient (Wildman–Crippen LogP) is 3.30. The SMILES string of the molecule is Cc1nc(NC(=O)c2ccccc2OC(F)(F)F)sc1C(=O)O. The van der Waals surface area contributed by atoms with Crippen LogP contribution in [0.5, 0.6) is 5.75 Å². The van der Waals surface area contributed by atoms with Crippen LogP contribution in [0.15, 0.2) is 24.3 Å². The Morgan fingerprint density at radius 2 is 1.96 bits per heavy atom. The summed E-state index contributed by atoms with van der Waals surface area (Å²) in [6.45, 7) is 1.44. The number of halogens is 3. The summed E-state index contributed by atoms with van der Waals surface area (Å²) < 4.78 is 40.8. The quantitative estimate of drug-likeness (QED) is 0.887. The number of anilines is 1. The number of aromatic carboxylic acids is 1. The number of carbonyl (C=O) groups excluding carboxylic acids is 1. The van der Waals surface area contributed by atoms with Crippen molar-refractivity contribution < 1.29 is 32.6 Å². The van der Waals surface area contributed by atoms with Crippen LogP contribution in [0.25, 0.3) is 0 Å². The van der Waals surface area contributed by atoms with Gasteiger partial charge in [-0.2, -0.15) is 0 Å². The fourth-order valence-corrected chi connectivity index (χ4v) is 2.48. The van der Waals surface area contributed by atoms with Crippen molar-refractivity contribution in [2.75, 3.05) is 5.32 Å². The number of benzene rings is 1. The molecular weight excluding hydrogens is 337 g/mol. The number of carboxylic acid groups (broad SMARTS) is 1. The number of carbonyl (C=O) groups is 2. The van der Waals surface area contributed by atoms with Crippen molar-refractivity contribution in [2.24, 2.45) is 0 Å². The number of amides is 1. The largest absolute Gasteiger partial charge is 0.573 e. The van der Waals surface area contributed by atoms with Crippen LogP contribution < -0.4 is 10.1 Å². The number of alkyl halides is 3. The number of ether oxygens (including phenoxy) is 1. The lowest BCUT2D eigenvalue weighted by Crippen LogP contribution is -2.20. The van der Waals surface area contributed by atoms with Crippen LogP contribution in [0.4, 0.5) is 18.3 Å². The second kappa shape index (κ2) is 6.24. The number of nitrogens with one attached hydrogen (secondary N) is 1. The molecule has 0 atom stereocenters. The third kappa shape index (κ3) is 4.19. The third-order valence-corrected chi connectivity index (χ3v) is 3.63. The van der Waals surface area contributed by atoms with Crippen LogP contribution in [-0.2, 0) is 0 Å². The lowest BCUT2D eigenvalue weighted by molar-refractivity contribution is -0.274.